The number of nitrogens with zero attached hydrogens (tertiary/aromatic N) is 3. The first kappa shape index (κ1) is 18.6. The average molecular weight is 394 g/mol. The molecule has 0 aliphatic carbocycles. The van der Waals surface area contributed by atoms with Crippen molar-refractivity contribution in [2.75, 3.05) is 5.75 Å². The fraction of sp³-hybridized carbons (Fsp3) is 0.214. The van der Waals surface area contributed by atoms with Crippen LogP contribution in [-0.4, -0.2) is 21.8 Å². The van der Waals surface area contributed by atoms with Crippen molar-refractivity contribution in [1.82, 2.24) is 9.78 Å². The largest absolute Gasteiger partial charge is 0.416 e. The first-order valence-corrected chi connectivity index (χ1v) is 8.16. The second-order valence-corrected chi connectivity index (χ2v) is 6.51. The van der Waals surface area contributed by atoms with E-state index in [4.69, 9.17) is 28.5 Å². The highest BCUT2D eigenvalue weighted by molar-refractivity contribution is 7.99. The van der Waals surface area contributed by atoms with Crippen molar-refractivity contribution < 1.29 is 18.0 Å². The van der Waals surface area contributed by atoms with Crippen LogP contribution in [0.5, 0.6) is 0 Å². The molecule has 1 heterocycles. The van der Waals surface area contributed by atoms with E-state index in [1.165, 1.54) is 11.8 Å². The van der Waals surface area contributed by atoms with Gasteiger partial charge in [0.2, 0.25) is 0 Å². The third-order valence-corrected chi connectivity index (χ3v) is 4.49. The number of aldehydes is 1. The molecule has 0 aliphatic heterocycles. The number of carbonyl (C=O) groups excluding carboxylic acids is 1. The maximum Gasteiger partial charge on any atom is 0.416 e. The van der Waals surface area contributed by atoms with Crippen LogP contribution in [0.2, 0.25) is 10.0 Å². The van der Waals surface area contributed by atoms with Gasteiger partial charge in [-0.2, -0.15) is 23.5 Å². The van der Waals surface area contributed by atoms with E-state index in [0.29, 0.717) is 29.1 Å². The highest BCUT2D eigenvalue weighted by atomic mass is 35.5. The normalized spacial score (nSPS) is 11.4. The number of hydrogen-bond donors (Lipinski definition) is 0. The molecule has 126 valence electrons. The van der Waals surface area contributed by atoms with Crippen molar-refractivity contribution in [1.29, 1.82) is 5.26 Å². The number of alkyl halides is 3. The third kappa shape index (κ3) is 3.38. The van der Waals surface area contributed by atoms with Crippen molar-refractivity contribution in [3.63, 3.8) is 0 Å². The Morgan fingerprint density at radius 2 is 1.96 bits per heavy atom. The quantitative estimate of drug-likeness (QED) is 0.541. The van der Waals surface area contributed by atoms with Crippen LogP contribution in [0.1, 0.15) is 28.7 Å². The van der Waals surface area contributed by atoms with Crippen molar-refractivity contribution in [3.8, 4) is 11.8 Å². The van der Waals surface area contributed by atoms with Gasteiger partial charge < -0.3 is 0 Å². The number of thioether (sulfide) groups is 1. The minimum absolute atomic E-state index is 0.00181. The van der Waals surface area contributed by atoms with Crippen LogP contribution in [-0.2, 0) is 6.18 Å². The van der Waals surface area contributed by atoms with Crippen molar-refractivity contribution in [2.45, 2.75) is 18.0 Å². The average Bonchev–Trinajstić information content (AvgIpc) is 2.83. The maximum atomic E-state index is 12.8. The zero-order valence-electron chi connectivity index (χ0n) is 12.0. The molecule has 2 aromatic rings. The summed E-state index contributed by atoms with van der Waals surface area (Å²) in [4.78, 5) is 11.7. The summed E-state index contributed by atoms with van der Waals surface area (Å²) in [5, 5.41) is 12.4. The van der Waals surface area contributed by atoms with Gasteiger partial charge in [0, 0.05) is 0 Å². The van der Waals surface area contributed by atoms with E-state index in [9.17, 15) is 18.0 Å². The van der Waals surface area contributed by atoms with Gasteiger partial charge >= 0.3 is 6.18 Å². The lowest BCUT2D eigenvalue weighted by atomic mass is 10.2. The first-order chi connectivity index (χ1) is 11.2. The van der Waals surface area contributed by atoms with Crippen molar-refractivity contribution in [2.24, 2.45) is 0 Å². The fourth-order valence-electron chi connectivity index (χ4n) is 1.98. The first-order valence-electron chi connectivity index (χ1n) is 6.42. The molecule has 4 nitrogen and oxygen atoms in total. The molecule has 0 amide bonds. The summed E-state index contributed by atoms with van der Waals surface area (Å²) in [6.07, 6.45) is -4.17. The molecule has 2 rings (SSSR count). The van der Waals surface area contributed by atoms with Gasteiger partial charge in [-0.15, -0.1) is 11.8 Å². The summed E-state index contributed by atoms with van der Waals surface area (Å²) >= 11 is 13.1. The third-order valence-electron chi connectivity index (χ3n) is 2.94. The molecule has 0 atom stereocenters. The Bertz CT molecular complexity index is 820. The zero-order chi connectivity index (χ0) is 18.1. The number of carbonyl (C=O) groups is 1. The topological polar surface area (TPSA) is 58.7 Å². The van der Waals surface area contributed by atoms with Crippen LogP contribution in [0.3, 0.4) is 0 Å². The summed E-state index contributed by atoms with van der Waals surface area (Å²) < 4.78 is 39.4. The Kier molecular flexibility index (Phi) is 5.48. The molecule has 0 radical (unpaired) electrons. The monoisotopic (exact) mass is 393 g/mol. The Balaban J connectivity index is 2.74. The van der Waals surface area contributed by atoms with E-state index in [1.54, 1.807) is 0 Å². The van der Waals surface area contributed by atoms with E-state index >= 15 is 0 Å². The molecule has 0 N–H and O–H groups in total. The second kappa shape index (κ2) is 7.05. The number of hydrogen-bond acceptors (Lipinski definition) is 4. The molecule has 24 heavy (non-hydrogen) atoms. The molecule has 0 unspecified atom stereocenters. The van der Waals surface area contributed by atoms with Crippen LogP contribution in [0, 0.1) is 11.3 Å². The highest BCUT2D eigenvalue weighted by Gasteiger charge is 2.33. The molecule has 1 aromatic carbocycles. The van der Waals surface area contributed by atoms with Gasteiger partial charge in [-0.25, -0.2) is 4.68 Å². The van der Waals surface area contributed by atoms with Crippen LogP contribution in [0.4, 0.5) is 13.2 Å². The van der Waals surface area contributed by atoms with E-state index in [1.807, 2.05) is 13.0 Å². The van der Waals surface area contributed by atoms with Crippen molar-refractivity contribution in [3.05, 3.63) is 39.1 Å². The summed E-state index contributed by atoms with van der Waals surface area (Å²) in [6, 6.07) is 3.23. The van der Waals surface area contributed by atoms with Gasteiger partial charge in [-0.3, -0.25) is 4.79 Å². The number of halogens is 5. The Labute approximate surface area is 149 Å². The summed E-state index contributed by atoms with van der Waals surface area (Å²) in [7, 11) is 0. The molecule has 0 saturated heterocycles. The van der Waals surface area contributed by atoms with Crippen LogP contribution in [0.15, 0.2) is 17.0 Å². The standard InChI is InChI=1S/C14H8Cl2F3N3OS/c1-2-24-13-10(5-20)21-22(11(13)6-23)12-8(15)3-7(4-9(12)16)14(17,18)19/h3-4,6H,2H2,1H3. The minimum atomic E-state index is -4.62. The number of nitriles is 1. The molecule has 0 fully saturated rings. The predicted molar refractivity (Wildman–Crippen MR) is 85.1 cm³/mol. The van der Waals surface area contributed by atoms with E-state index < -0.39 is 11.7 Å². The van der Waals surface area contributed by atoms with Gasteiger partial charge in [-0.05, 0) is 17.9 Å². The zero-order valence-corrected chi connectivity index (χ0v) is 14.3. The van der Waals surface area contributed by atoms with E-state index in [-0.39, 0.29) is 27.1 Å². The van der Waals surface area contributed by atoms with Crippen molar-refractivity contribution >= 4 is 41.2 Å². The summed E-state index contributed by atoms with van der Waals surface area (Å²) in [5.41, 5.74) is -1.14. The lowest BCUT2D eigenvalue weighted by Crippen LogP contribution is -2.08. The molecular formula is C14H8Cl2F3N3OS. The van der Waals surface area contributed by atoms with Gasteiger partial charge in [0.25, 0.3) is 0 Å². The maximum absolute atomic E-state index is 12.8. The molecule has 0 aliphatic rings. The molecule has 0 bridgehead atoms. The lowest BCUT2D eigenvalue weighted by Gasteiger charge is -2.13. The SMILES string of the molecule is CCSc1c(C#N)nn(-c2c(Cl)cc(C(F)(F)F)cc2Cl)c1C=O. The summed E-state index contributed by atoms with van der Waals surface area (Å²) in [6.45, 7) is 1.82. The number of benzene rings is 1. The smallest absolute Gasteiger partial charge is 0.296 e. The molecule has 1 aromatic heterocycles. The molecule has 0 saturated carbocycles. The van der Waals surface area contributed by atoms with Gasteiger partial charge in [0.05, 0.1) is 20.5 Å². The van der Waals surface area contributed by atoms with Crippen LogP contribution < -0.4 is 0 Å². The van der Waals surface area contributed by atoms with E-state index in [0.717, 1.165) is 4.68 Å². The lowest BCUT2D eigenvalue weighted by molar-refractivity contribution is -0.137. The number of aromatic nitrogens is 2. The van der Waals surface area contributed by atoms with Gasteiger partial charge in [-0.1, -0.05) is 30.1 Å². The highest BCUT2D eigenvalue weighted by Crippen LogP contribution is 2.39. The van der Waals surface area contributed by atoms with Crippen LogP contribution in [0.25, 0.3) is 5.69 Å². The minimum Gasteiger partial charge on any atom is -0.296 e. The Hall–Kier alpha value is -1.69. The fourth-order valence-corrected chi connectivity index (χ4v) is 3.42. The van der Waals surface area contributed by atoms with Gasteiger partial charge in [0.15, 0.2) is 12.0 Å². The second-order valence-electron chi connectivity index (χ2n) is 4.42. The molecular weight excluding hydrogens is 386 g/mol. The van der Waals surface area contributed by atoms with Crippen LogP contribution >= 0.6 is 35.0 Å². The summed E-state index contributed by atoms with van der Waals surface area (Å²) in [5.74, 6) is 0.565. The van der Waals surface area contributed by atoms with Gasteiger partial charge in [0.1, 0.15) is 17.5 Å². The number of rotatable bonds is 4. The molecule has 10 heteroatoms. The van der Waals surface area contributed by atoms with E-state index in [2.05, 4.69) is 5.10 Å². The predicted octanol–water partition coefficient (Wildman–Crippen LogP) is 4.99. The molecule has 0 spiro atoms. The Morgan fingerprint density at radius 3 is 2.38 bits per heavy atom. The Morgan fingerprint density at radius 1 is 1.38 bits per heavy atom.